The number of rotatable bonds is 10. The topological polar surface area (TPSA) is 87.6 Å². The number of fused-ring (bicyclic) bond motifs is 1. The van der Waals surface area contributed by atoms with Crippen molar-refractivity contribution in [3.8, 4) is 23.0 Å². The maximum absolute atomic E-state index is 12.0. The minimum absolute atomic E-state index is 0.208. The third-order valence-electron chi connectivity index (χ3n) is 4.89. The van der Waals surface area contributed by atoms with Gasteiger partial charge in [-0.15, -0.1) is 0 Å². The third-order valence-corrected chi connectivity index (χ3v) is 5.15. The van der Waals surface area contributed by atoms with Gasteiger partial charge in [0.15, 0.2) is 29.6 Å². The Labute approximate surface area is 202 Å². The van der Waals surface area contributed by atoms with E-state index in [0.29, 0.717) is 41.2 Å². The maximum atomic E-state index is 12.0. The van der Waals surface area contributed by atoms with Crippen LogP contribution in [0, 0.1) is 0 Å². The van der Waals surface area contributed by atoms with Gasteiger partial charge in [-0.2, -0.15) is 0 Å². The molecule has 34 heavy (non-hydrogen) atoms. The van der Waals surface area contributed by atoms with E-state index in [1.165, 1.54) is 6.21 Å². The molecule has 0 fully saturated rings. The summed E-state index contributed by atoms with van der Waals surface area (Å²) in [5.74, 6) is 2.23. The first-order chi connectivity index (χ1) is 16.6. The van der Waals surface area contributed by atoms with Crippen molar-refractivity contribution in [1.82, 2.24) is 5.32 Å². The SMILES string of the molecule is COc1cc(/C=N/OCC(=O)NCc2ccc3c(c2)OCO3)ccc1OCc1ccc(Cl)cc1. The molecule has 0 saturated heterocycles. The summed E-state index contributed by atoms with van der Waals surface area (Å²) < 4.78 is 21.9. The molecule has 0 saturated carbocycles. The van der Waals surface area contributed by atoms with E-state index in [1.807, 2.05) is 48.5 Å². The third kappa shape index (κ3) is 6.32. The van der Waals surface area contributed by atoms with Crippen LogP contribution in [0.1, 0.15) is 16.7 Å². The summed E-state index contributed by atoms with van der Waals surface area (Å²) in [6.07, 6.45) is 1.50. The van der Waals surface area contributed by atoms with Crippen molar-refractivity contribution in [2.75, 3.05) is 20.5 Å². The highest BCUT2D eigenvalue weighted by Gasteiger charge is 2.13. The van der Waals surface area contributed by atoms with E-state index in [9.17, 15) is 4.79 Å². The summed E-state index contributed by atoms with van der Waals surface area (Å²) >= 11 is 5.91. The van der Waals surface area contributed by atoms with Crippen LogP contribution in [0.25, 0.3) is 0 Å². The van der Waals surface area contributed by atoms with Crippen molar-refractivity contribution in [3.05, 3.63) is 82.4 Å². The van der Waals surface area contributed by atoms with Gasteiger partial charge in [-0.05, 0) is 53.6 Å². The molecule has 1 aliphatic heterocycles. The molecule has 0 radical (unpaired) electrons. The predicted octanol–water partition coefficient (Wildman–Crippen LogP) is 4.32. The molecule has 1 amide bonds. The maximum Gasteiger partial charge on any atom is 0.261 e. The average Bonchev–Trinajstić information content (AvgIpc) is 3.33. The summed E-state index contributed by atoms with van der Waals surface area (Å²) in [6, 6.07) is 18.3. The Morgan fingerprint density at radius 1 is 1.03 bits per heavy atom. The van der Waals surface area contributed by atoms with Gasteiger partial charge in [0.25, 0.3) is 5.91 Å². The standard InChI is InChI=1S/C25H23ClN2O6/c1-30-23-10-19(5-8-21(23)31-14-17-2-6-20(26)7-3-17)13-28-34-15-25(29)27-12-18-4-9-22-24(11-18)33-16-32-22/h2-11,13H,12,14-16H2,1H3,(H,27,29)/b28-13+. The van der Waals surface area contributed by atoms with Crippen LogP contribution in [0.5, 0.6) is 23.0 Å². The van der Waals surface area contributed by atoms with Crippen molar-refractivity contribution in [2.45, 2.75) is 13.2 Å². The first-order valence-corrected chi connectivity index (χ1v) is 10.8. The summed E-state index contributed by atoms with van der Waals surface area (Å²) in [7, 11) is 1.56. The molecule has 4 rings (SSSR count). The molecule has 0 atom stereocenters. The van der Waals surface area contributed by atoms with E-state index < -0.39 is 0 Å². The van der Waals surface area contributed by atoms with Crippen LogP contribution in [0.3, 0.4) is 0 Å². The molecule has 1 heterocycles. The van der Waals surface area contributed by atoms with Gasteiger partial charge in [0.2, 0.25) is 6.79 Å². The Morgan fingerprint density at radius 3 is 2.65 bits per heavy atom. The number of oxime groups is 1. The normalized spacial score (nSPS) is 11.9. The lowest BCUT2D eigenvalue weighted by molar-refractivity contribution is -0.125. The van der Waals surface area contributed by atoms with Gasteiger partial charge in [-0.1, -0.05) is 35.0 Å². The minimum Gasteiger partial charge on any atom is -0.493 e. The number of ether oxygens (including phenoxy) is 4. The molecule has 3 aromatic carbocycles. The van der Waals surface area contributed by atoms with Crippen LogP contribution in [-0.2, 0) is 22.8 Å². The van der Waals surface area contributed by atoms with Gasteiger partial charge in [-0.3, -0.25) is 4.79 Å². The number of nitrogens with one attached hydrogen (secondary N) is 1. The molecule has 0 aliphatic carbocycles. The van der Waals surface area contributed by atoms with Gasteiger partial charge in [0, 0.05) is 17.1 Å². The van der Waals surface area contributed by atoms with Crippen molar-refractivity contribution in [3.63, 3.8) is 0 Å². The van der Waals surface area contributed by atoms with Crippen molar-refractivity contribution >= 4 is 23.7 Å². The number of halogens is 1. The largest absolute Gasteiger partial charge is 0.493 e. The quantitative estimate of drug-likeness (QED) is 0.342. The van der Waals surface area contributed by atoms with Crippen molar-refractivity contribution in [1.29, 1.82) is 0 Å². The monoisotopic (exact) mass is 482 g/mol. The molecule has 1 N–H and O–H groups in total. The second kappa shape index (κ2) is 11.3. The number of carbonyl (C=O) groups excluding carboxylic acids is 1. The van der Waals surface area contributed by atoms with E-state index in [-0.39, 0.29) is 19.3 Å². The zero-order valence-electron chi connectivity index (χ0n) is 18.5. The van der Waals surface area contributed by atoms with Gasteiger partial charge in [0.1, 0.15) is 6.61 Å². The summed E-state index contributed by atoms with van der Waals surface area (Å²) in [6.45, 7) is 0.727. The fraction of sp³-hybridized carbons (Fsp3) is 0.200. The van der Waals surface area contributed by atoms with Crippen LogP contribution in [0.4, 0.5) is 0 Å². The fourth-order valence-corrected chi connectivity index (χ4v) is 3.25. The van der Waals surface area contributed by atoms with Gasteiger partial charge in [-0.25, -0.2) is 0 Å². The van der Waals surface area contributed by atoms with E-state index in [1.54, 1.807) is 19.2 Å². The number of hydrogen-bond donors (Lipinski definition) is 1. The molecule has 3 aromatic rings. The lowest BCUT2D eigenvalue weighted by Gasteiger charge is -2.11. The summed E-state index contributed by atoms with van der Waals surface area (Å²) in [4.78, 5) is 17.1. The predicted molar refractivity (Wildman–Crippen MR) is 127 cm³/mol. The van der Waals surface area contributed by atoms with E-state index in [4.69, 9.17) is 35.4 Å². The number of benzene rings is 3. The van der Waals surface area contributed by atoms with Crippen LogP contribution in [0.15, 0.2) is 65.8 Å². The number of nitrogens with zero attached hydrogens (tertiary/aromatic N) is 1. The Hall–Kier alpha value is -3.91. The second-order valence-corrected chi connectivity index (χ2v) is 7.73. The molecule has 1 aliphatic rings. The Morgan fingerprint density at radius 2 is 1.82 bits per heavy atom. The Balaban J connectivity index is 1.22. The second-order valence-electron chi connectivity index (χ2n) is 7.30. The molecule has 0 unspecified atom stereocenters. The Kier molecular flexibility index (Phi) is 7.72. The molecule has 176 valence electrons. The van der Waals surface area contributed by atoms with E-state index in [0.717, 1.165) is 16.7 Å². The molecule has 0 aromatic heterocycles. The van der Waals surface area contributed by atoms with E-state index >= 15 is 0 Å². The average molecular weight is 483 g/mol. The van der Waals surface area contributed by atoms with Crippen molar-refractivity contribution in [2.24, 2.45) is 5.16 Å². The van der Waals surface area contributed by atoms with Crippen LogP contribution < -0.4 is 24.3 Å². The fourth-order valence-electron chi connectivity index (χ4n) is 3.12. The lowest BCUT2D eigenvalue weighted by Crippen LogP contribution is -2.26. The Bertz CT molecular complexity index is 1170. The molecular weight excluding hydrogens is 460 g/mol. The highest BCUT2D eigenvalue weighted by atomic mass is 35.5. The molecule has 0 bridgehead atoms. The summed E-state index contributed by atoms with van der Waals surface area (Å²) in [5, 5.41) is 7.30. The minimum atomic E-state index is -0.293. The van der Waals surface area contributed by atoms with Crippen LogP contribution in [-0.4, -0.2) is 32.6 Å². The highest BCUT2D eigenvalue weighted by Crippen LogP contribution is 2.32. The van der Waals surface area contributed by atoms with Crippen LogP contribution in [0.2, 0.25) is 5.02 Å². The van der Waals surface area contributed by atoms with Gasteiger partial charge < -0.3 is 29.1 Å². The van der Waals surface area contributed by atoms with E-state index in [2.05, 4.69) is 10.5 Å². The lowest BCUT2D eigenvalue weighted by atomic mass is 10.2. The van der Waals surface area contributed by atoms with Gasteiger partial charge in [0.05, 0.1) is 13.3 Å². The smallest absolute Gasteiger partial charge is 0.261 e. The highest BCUT2D eigenvalue weighted by molar-refractivity contribution is 6.30. The molecular formula is C25H23ClN2O6. The number of methoxy groups -OCH3 is 1. The van der Waals surface area contributed by atoms with Crippen molar-refractivity contribution < 1.29 is 28.6 Å². The first-order valence-electron chi connectivity index (χ1n) is 10.5. The number of carbonyl (C=O) groups is 1. The number of hydrogen-bond acceptors (Lipinski definition) is 7. The zero-order valence-corrected chi connectivity index (χ0v) is 19.2. The molecule has 9 heteroatoms. The zero-order chi connectivity index (χ0) is 23.8. The number of amides is 1. The molecule has 8 nitrogen and oxygen atoms in total. The first kappa shape index (κ1) is 23.3. The molecule has 0 spiro atoms. The summed E-state index contributed by atoms with van der Waals surface area (Å²) in [5.41, 5.74) is 2.62. The van der Waals surface area contributed by atoms with Gasteiger partial charge >= 0.3 is 0 Å². The van der Waals surface area contributed by atoms with Crippen LogP contribution >= 0.6 is 11.6 Å².